The molecule has 6 heteroatoms. The molecule has 4 nitrogen and oxygen atoms in total. The molecule has 0 bridgehead atoms. The Labute approximate surface area is 45.8 Å². The molecule has 0 aliphatic heterocycles. The molecule has 6 heavy (non-hydrogen) atoms. The third kappa shape index (κ3) is 164. The largest absolute Gasteiger partial charge is 2.00 e. The summed E-state index contributed by atoms with van der Waals surface area (Å²) in [6.45, 7) is 0. The minimum Gasteiger partial charge on any atom is -0.822 e. The molecule has 0 N–H and O–H groups in total. The molecule has 0 aliphatic carbocycles. The maximum absolute atomic E-state index is 8.55. The van der Waals surface area contributed by atoms with Crippen molar-refractivity contribution in [3.8, 4) is 0 Å². The van der Waals surface area contributed by atoms with E-state index in [1.165, 1.54) is 0 Å². The van der Waals surface area contributed by atoms with Crippen LogP contribution in [-0.4, -0.2) is 0 Å². The first kappa shape index (κ1) is 9.78. The van der Waals surface area contributed by atoms with E-state index < -0.39 is 7.82 Å². The van der Waals surface area contributed by atoms with Crippen LogP contribution in [0.3, 0.4) is 0 Å². The van der Waals surface area contributed by atoms with Gasteiger partial charge >= 0.3 is 17.9 Å². The number of hydrogen-bond acceptors (Lipinski definition) is 4. The van der Waals surface area contributed by atoms with Crippen LogP contribution in [0.5, 0.6) is 0 Å². The molecule has 0 atom stereocenters. The zero-order valence-electron chi connectivity index (χ0n) is 3.40. The molecule has 0 spiro atoms. The predicted octanol–water partition coefficient (Wildman–Crippen LogP) is -2.71. The van der Waals surface area contributed by atoms with Crippen molar-refractivity contribution in [1.29, 1.82) is 0 Å². The third-order valence-corrected chi connectivity index (χ3v) is 0. The Balaban J connectivity index is -0.0000000800. The summed E-state index contributed by atoms with van der Waals surface area (Å²) in [6, 6.07) is 0. The topological polar surface area (TPSA) is 86.2 Å². The summed E-state index contributed by atoms with van der Waals surface area (Å²) in [5, 5.41) is 0. The summed E-state index contributed by atoms with van der Waals surface area (Å²) < 4.78 is 8.55. The van der Waals surface area contributed by atoms with Crippen molar-refractivity contribution in [2.24, 2.45) is 0 Å². The summed E-state index contributed by atoms with van der Waals surface area (Å²) in [4.78, 5) is 25.6. The second-order valence-corrected chi connectivity index (χ2v) is 1.34. The van der Waals surface area contributed by atoms with Gasteiger partial charge in [-0.15, -0.1) is 0 Å². The average Bonchev–Trinajstić information content (AvgIpc) is 0.722. The number of phosphoric acid groups is 1. The maximum Gasteiger partial charge on any atom is 2.00 e. The van der Waals surface area contributed by atoms with Gasteiger partial charge in [-0.1, -0.05) is 0 Å². The van der Waals surface area contributed by atoms with Crippen LogP contribution in [0.4, 0.5) is 0 Å². The Morgan fingerprint density at radius 3 is 1.33 bits per heavy atom. The van der Waals surface area contributed by atoms with Crippen molar-refractivity contribution in [2.45, 2.75) is 0 Å². The van der Waals surface area contributed by atoms with Crippen molar-refractivity contribution in [2.75, 3.05) is 0 Å². The van der Waals surface area contributed by atoms with Crippen molar-refractivity contribution in [1.82, 2.24) is 0 Å². The van der Waals surface area contributed by atoms with Crippen LogP contribution >= 0.6 is 7.82 Å². The second-order valence-electron chi connectivity index (χ2n) is 0.447. The van der Waals surface area contributed by atoms with E-state index in [0.29, 0.717) is 0 Å². The molecule has 0 unspecified atom stereocenters. The van der Waals surface area contributed by atoms with Gasteiger partial charge in [0.05, 0.1) is 0 Å². The molecule has 0 rings (SSSR count). The Bertz CT molecular complexity index is 57.8. The van der Waals surface area contributed by atoms with Gasteiger partial charge in [0.2, 0.25) is 0 Å². The molecule has 0 heterocycles. The van der Waals surface area contributed by atoms with E-state index in [1.54, 1.807) is 0 Å². The van der Waals surface area contributed by atoms with Crippen molar-refractivity contribution >= 4 is 7.82 Å². The van der Waals surface area contributed by atoms with Gasteiger partial charge in [-0.2, -0.15) is 7.82 Å². The van der Waals surface area contributed by atoms with Crippen molar-refractivity contribution < 1.29 is 37.2 Å². The first-order chi connectivity index (χ1) is 2.00. The van der Waals surface area contributed by atoms with E-state index in [1.807, 2.05) is 0 Å². The molecule has 0 aliphatic rings. The second kappa shape index (κ2) is 2.72. The molecule has 0 fully saturated rings. The molecule has 0 aromatic rings. The van der Waals surface area contributed by atoms with Crippen LogP contribution in [0.25, 0.3) is 0 Å². The quantitative estimate of drug-likeness (QED) is 0.280. The van der Waals surface area contributed by atoms with E-state index in [4.69, 9.17) is 19.2 Å². The normalized spacial score (nSPS) is 9.83. The van der Waals surface area contributed by atoms with Gasteiger partial charge in [-0.05, 0) is 0 Å². The smallest absolute Gasteiger partial charge is 0.822 e. The Hall–Kier alpha value is 0.604. The van der Waals surface area contributed by atoms with Crippen LogP contribution in [0.15, 0.2) is 0 Å². The van der Waals surface area contributed by atoms with E-state index in [-0.39, 0.29) is 17.9 Å². The molecule has 0 saturated heterocycles. The Kier molecular flexibility index (Phi) is 4.44. The monoisotopic (exact) mass is 154 g/mol. The zero-order chi connectivity index (χ0) is 4.50. The molecule has 0 aromatic carbocycles. The summed E-state index contributed by atoms with van der Waals surface area (Å²) in [7, 11) is -5.39. The van der Waals surface area contributed by atoms with Gasteiger partial charge in [0.25, 0.3) is 0 Å². The van der Waals surface area contributed by atoms with E-state index >= 15 is 0 Å². The van der Waals surface area contributed by atoms with E-state index in [9.17, 15) is 0 Å². The van der Waals surface area contributed by atoms with E-state index in [2.05, 4.69) is 0 Å². The van der Waals surface area contributed by atoms with E-state index in [0.717, 1.165) is 0 Å². The summed E-state index contributed by atoms with van der Waals surface area (Å²) in [5.74, 6) is 0. The van der Waals surface area contributed by atoms with Gasteiger partial charge in [-0.3, -0.25) is 0 Å². The fourth-order valence-electron chi connectivity index (χ4n) is 0. The fourth-order valence-corrected chi connectivity index (χ4v) is 0. The third-order valence-electron chi connectivity index (χ3n) is 0. The van der Waals surface area contributed by atoms with Crippen LogP contribution in [0.1, 0.15) is 1.43 Å². The van der Waals surface area contributed by atoms with Crippen LogP contribution in [0.2, 0.25) is 0 Å². The minimum absolute atomic E-state index is 0. The molecular formula is HNiO4P. The predicted molar refractivity (Wildman–Crippen MR) is 8.72 cm³/mol. The molecular weight excluding hydrogens is 154 g/mol. The van der Waals surface area contributed by atoms with Crippen LogP contribution < -0.4 is 14.7 Å². The molecule has 40 valence electrons. The zero-order valence-corrected chi connectivity index (χ0v) is 4.28. The standard InChI is InChI=1S/Ni.H3O4P/c;1-5(2,3)4/h;(H3,1,2,3,4)/q+2;/p-2. The molecule has 0 amide bonds. The summed E-state index contributed by atoms with van der Waals surface area (Å²) in [5.41, 5.74) is 0. The Morgan fingerprint density at radius 2 is 1.33 bits per heavy atom. The Morgan fingerprint density at radius 1 is 1.33 bits per heavy atom. The molecule has 0 radical (unpaired) electrons. The maximum atomic E-state index is 8.55. The summed E-state index contributed by atoms with van der Waals surface area (Å²) in [6.07, 6.45) is 0. The van der Waals surface area contributed by atoms with Gasteiger partial charge in [-0.25, -0.2) is 0 Å². The SMILES string of the molecule is O=P([O-])([O-])[O-].[H+].[Ni+2]. The number of hydrogen-bond donors (Lipinski definition) is 0. The summed E-state index contributed by atoms with van der Waals surface area (Å²) >= 11 is 0. The fraction of sp³-hybridized carbons (Fsp3) is 0. The minimum atomic E-state index is -5.39. The van der Waals surface area contributed by atoms with Crippen LogP contribution in [0, 0.1) is 0 Å². The van der Waals surface area contributed by atoms with Gasteiger partial charge in [0.15, 0.2) is 0 Å². The first-order valence-electron chi connectivity index (χ1n) is 0.730. The van der Waals surface area contributed by atoms with Crippen molar-refractivity contribution in [3.63, 3.8) is 0 Å². The number of rotatable bonds is 0. The van der Waals surface area contributed by atoms with Crippen molar-refractivity contribution in [3.05, 3.63) is 0 Å². The first-order valence-corrected chi connectivity index (χ1v) is 2.19. The molecule has 0 aromatic heterocycles. The molecule has 0 saturated carbocycles. The van der Waals surface area contributed by atoms with Gasteiger partial charge in [0.1, 0.15) is 0 Å². The van der Waals surface area contributed by atoms with Gasteiger partial charge < -0.3 is 19.2 Å². The van der Waals surface area contributed by atoms with Gasteiger partial charge in [0, 0.05) is 0 Å². The van der Waals surface area contributed by atoms with Crippen LogP contribution in [-0.2, 0) is 21.1 Å². The average molecular weight is 155 g/mol.